The van der Waals surface area contributed by atoms with Crippen molar-refractivity contribution in [2.75, 3.05) is 7.11 Å². The van der Waals surface area contributed by atoms with Gasteiger partial charge >= 0.3 is 5.97 Å². The number of hydrogen-bond donors (Lipinski definition) is 1. The van der Waals surface area contributed by atoms with Crippen molar-refractivity contribution in [1.82, 2.24) is 15.1 Å². The number of carbonyl (C=O) groups excluding carboxylic acids is 1. The van der Waals surface area contributed by atoms with Crippen LogP contribution in [0.3, 0.4) is 0 Å². The number of esters is 1. The van der Waals surface area contributed by atoms with Gasteiger partial charge in [0.2, 0.25) is 0 Å². The number of benzene rings is 1. The second-order valence-electron chi connectivity index (χ2n) is 4.69. The maximum atomic E-state index is 11.4. The van der Waals surface area contributed by atoms with E-state index in [1.807, 2.05) is 48.1 Å². The molecule has 1 heterocycles. The average molecular weight is 273 g/mol. The Morgan fingerprint density at radius 1 is 1.30 bits per heavy atom. The van der Waals surface area contributed by atoms with Crippen molar-refractivity contribution in [2.45, 2.75) is 25.9 Å². The summed E-state index contributed by atoms with van der Waals surface area (Å²) in [5.41, 5.74) is 2.02. The van der Waals surface area contributed by atoms with Crippen LogP contribution in [-0.4, -0.2) is 28.9 Å². The summed E-state index contributed by atoms with van der Waals surface area (Å²) in [7, 11) is 1.39. The second kappa shape index (κ2) is 6.34. The summed E-state index contributed by atoms with van der Waals surface area (Å²) in [6, 6.07) is 9.56. The molecule has 0 bridgehead atoms. The summed E-state index contributed by atoms with van der Waals surface area (Å²) in [5.74, 6) is -0.271. The number of ether oxygens (including phenoxy) is 1. The molecule has 0 aliphatic heterocycles. The van der Waals surface area contributed by atoms with Crippen LogP contribution in [0.4, 0.5) is 0 Å². The van der Waals surface area contributed by atoms with Crippen LogP contribution in [0, 0.1) is 0 Å². The monoisotopic (exact) mass is 273 g/mol. The number of nitrogens with zero attached hydrogens (tertiary/aromatic N) is 2. The molecular weight excluding hydrogens is 254 g/mol. The molecule has 5 heteroatoms. The summed E-state index contributed by atoms with van der Waals surface area (Å²) < 4.78 is 6.52. The summed E-state index contributed by atoms with van der Waals surface area (Å²) in [6.07, 6.45) is 3.76. The van der Waals surface area contributed by atoms with Crippen molar-refractivity contribution in [3.05, 3.63) is 48.3 Å². The van der Waals surface area contributed by atoms with Crippen LogP contribution in [0.15, 0.2) is 42.7 Å². The van der Waals surface area contributed by atoms with Gasteiger partial charge < -0.3 is 4.74 Å². The van der Waals surface area contributed by atoms with E-state index in [0.29, 0.717) is 0 Å². The molecule has 2 atom stereocenters. The van der Waals surface area contributed by atoms with Crippen LogP contribution >= 0.6 is 0 Å². The SMILES string of the molecule is COC(=O)[C@H](C)NC(C)c1cnn(-c2ccccc2)c1. The molecular formula is C15H19N3O2. The standard InChI is InChI=1S/C15H19N3O2/c1-11(17-12(2)15(19)20-3)13-9-16-18(10-13)14-7-5-4-6-8-14/h4-12,17H,1-3H3/t11?,12-/m0/s1. The minimum atomic E-state index is -0.352. The first-order chi connectivity index (χ1) is 9.61. The van der Waals surface area contributed by atoms with Gasteiger partial charge in [-0.15, -0.1) is 0 Å². The molecule has 0 fully saturated rings. The first-order valence-electron chi connectivity index (χ1n) is 6.55. The van der Waals surface area contributed by atoms with Crippen molar-refractivity contribution in [2.24, 2.45) is 0 Å². The van der Waals surface area contributed by atoms with Gasteiger partial charge in [0.1, 0.15) is 6.04 Å². The molecule has 1 aromatic carbocycles. The summed E-state index contributed by atoms with van der Waals surface area (Å²) >= 11 is 0. The Hall–Kier alpha value is -2.14. The van der Waals surface area contributed by atoms with Gasteiger partial charge in [0.25, 0.3) is 0 Å². The minimum Gasteiger partial charge on any atom is -0.468 e. The van der Waals surface area contributed by atoms with Crippen LogP contribution in [0.2, 0.25) is 0 Å². The van der Waals surface area contributed by atoms with Gasteiger partial charge in [-0.05, 0) is 26.0 Å². The molecule has 0 amide bonds. The third-order valence-corrected chi connectivity index (χ3v) is 3.18. The lowest BCUT2D eigenvalue weighted by Crippen LogP contribution is -2.36. The second-order valence-corrected chi connectivity index (χ2v) is 4.69. The lowest BCUT2D eigenvalue weighted by molar-refractivity contribution is -0.142. The average Bonchev–Trinajstić information content (AvgIpc) is 2.97. The van der Waals surface area contributed by atoms with Crippen LogP contribution in [0.5, 0.6) is 0 Å². The normalized spacial score (nSPS) is 13.8. The fourth-order valence-electron chi connectivity index (χ4n) is 2.00. The van der Waals surface area contributed by atoms with Crippen molar-refractivity contribution in [3.8, 4) is 5.69 Å². The molecule has 5 nitrogen and oxygen atoms in total. The molecule has 1 unspecified atom stereocenters. The lowest BCUT2D eigenvalue weighted by atomic mass is 10.1. The van der Waals surface area contributed by atoms with E-state index in [4.69, 9.17) is 4.74 Å². The predicted octanol–water partition coefficient (Wildman–Crippen LogP) is 2.08. The zero-order valence-corrected chi connectivity index (χ0v) is 11.9. The van der Waals surface area contributed by atoms with E-state index in [0.717, 1.165) is 11.3 Å². The molecule has 2 aromatic rings. The number of methoxy groups -OCH3 is 1. The number of rotatable bonds is 5. The van der Waals surface area contributed by atoms with Crippen LogP contribution in [0.25, 0.3) is 5.69 Å². The third-order valence-electron chi connectivity index (χ3n) is 3.18. The predicted molar refractivity (Wildman–Crippen MR) is 76.6 cm³/mol. The van der Waals surface area contributed by atoms with E-state index in [2.05, 4.69) is 10.4 Å². The fraction of sp³-hybridized carbons (Fsp3) is 0.333. The van der Waals surface area contributed by atoms with Crippen molar-refractivity contribution < 1.29 is 9.53 Å². The zero-order chi connectivity index (χ0) is 14.5. The Morgan fingerprint density at radius 3 is 2.65 bits per heavy atom. The van der Waals surface area contributed by atoms with E-state index in [1.54, 1.807) is 13.1 Å². The first-order valence-corrected chi connectivity index (χ1v) is 6.55. The highest BCUT2D eigenvalue weighted by Gasteiger charge is 2.17. The fourth-order valence-corrected chi connectivity index (χ4v) is 2.00. The van der Waals surface area contributed by atoms with Gasteiger partial charge in [-0.1, -0.05) is 18.2 Å². The van der Waals surface area contributed by atoms with Gasteiger partial charge in [-0.3, -0.25) is 10.1 Å². The van der Waals surface area contributed by atoms with Crippen LogP contribution < -0.4 is 5.32 Å². The molecule has 106 valence electrons. The summed E-state index contributed by atoms with van der Waals surface area (Å²) in [6.45, 7) is 3.77. The van der Waals surface area contributed by atoms with E-state index in [9.17, 15) is 4.79 Å². The highest BCUT2D eigenvalue weighted by atomic mass is 16.5. The van der Waals surface area contributed by atoms with Gasteiger partial charge in [-0.25, -0.2) is 4.68 Å². The van der Waals surface area contributed by atoms with Crippen LogP contribution in [0.1, 0.15) is 25.5 Å². The lowest BCUT2D eigenvalue weighted by Gasteiger charge is -2.16. The number of hydrogen-bond acceptors (Lipinski definition) is 4. The summed E-state index contributed by atoms with van der Waals surface area (Å²) in [4.78, 5) is 11.4. The molecule has 0 aliphatic carbocycles. The topological polar surface area (TPSA) is 56.1 Å². The van der Waals surface area contributed by atoms with E-state index >= 15 is 0 Å². The largest absolute Gasteiger partial charge is 0.468 e. The Balaban J connectivity index is 2.07. The Morgan fingerprint density at radius 2 is 2.00 bits per heavy atom. The molecule has 0 aliphatic rings. The highest BCUT2D eigenvalue weighted by Crippen LogP contribution is 2.15. The van der Waals surface area contributed by atoms with Crippen molar-refractivity contribution in [1.29, 1.82) is 0 Å². The maximum absolute atomic E-state index is 11.4. The summed E-state index contributed by atoms with van der Waals surface area (Å²) in [5, 5.41) is 7.52. The molecule has 1 N–H and O–H groups in total. The minimum absolute atomic E-state index is 0.0153. The molecule has 2 rings (SSSR count). The first kappa shape index (κ1) is 14.3. The quantitative estimate of drug-likeness (QED) is 0.847. The Bertz CT molecular complexity index is 566. The number of nitrogens with one attached hydrogen (secondary N) is 1. The Kier molecular flexibility index (Phi) is 4.53. The van der Waals surface area contributed by atoms with Crippen molar-refractivity contribution >= 4 is 5.97 Å². The molecule has 20 heavy (non-hydrogen) atoms. The molecule has 0 saturated carbocycles. The Labute approximate surface area is 118 Å². The van der Waals surface area contributed by atoms with Gasteiger partial charge in [-0.2, -0.15) is 5.10 Å². The molecule has 1 aromatic heterocycles. The van der Waals surface area contributed by atoms with Gasteiger partial charge in [0.15, 0.2) is 0 Å². The van der Waals surface area contributed by atoms with E-state index in [1.165, 1.54) is 7.11 Å². The highest BCUT2D eigenvalue weighted by molar-refractivity contribution is 5.75. The van der Waals surface area contributed by atoms with Gasteiger partial charge in [0.05, 0.1) is 19.0 Å². The smallest absolute Gasteiger partial charge is 0.322 e. The number of aromatic nitrogens is 2. The maximum Gasteiger partial charge on any atom is 0.322 e. The van der Waals surface area contributed by atoms with E-state index in [-0.39, 0.29) is 18.1 Å². The zero-order valence-electron chi connectivity index (χ0n) is 11.9. The number of carbonyl (C=O) groups is 1. The molecule has 0 radical (unpaired) electrons. The van der Waals surface area contributed by atoms with Gasteiger partial charge in [0, 0.05) is 17.8 Å². The van der Waals surface area contributed by atoms with Crippen molar-refractivity contribution in [3.63, 3.8) is 0 Å². The van der Waals surface area contributed by atoms with Crippen LogP contribution in [-0.2, 0) is 9.53 Å². The third kappa shape index (κ3) is 3.24. The molecule has 0 spiro atoms. The molecule has 0 saturated heterocycles. The van der Waals surface area contributed by atoms with E-state index < -0.39 is 0 Å². The number of para-hydroxylation sites is 1.